The number of primary sulfonamides is 1. The lowest BCUT2D eigenvalue weighted by Gasteiger charge is -2.32. The molecule has 0 spiro atoms. The summed E-state index contributed by atoms with van der Waals surface area (Å²) >= 11 is 1.69. The minimum absolute atomic E-state index is 0.209. The average molecular weight is 430 g/mol. The van der Waals surface area contributed by atoms with Crippen LogP contribution in [0.5, 0.6) is 0 Å². The predicted molar refractivity (Wildman–Crippen MR) is 119 cm³/mol. The zero-order valence-electron chi connectivity index (χ0n) is 16.9. The van der Waals surface area contributed by atoms with E-state index >= 15 is 0 Å². The summed E-state index contributed by atoms with van der Waals surface area (Å²) in [5, 5.41) is 5.47. The summed E-state index contributed by atoms with van der Waals surface area (Å²) < 4.78 is 24.2. The molecule has 0 atom stereocenters. The van der Waals surface area contributed by atoms with E-state index < -0.39 is 10.0 Å². The molecular weight excluding hydrogens is 402 g/mol. The van der Waals surface area contributed by atoms with Crippen molar-refractivity contribution in [3.8, 4) is 0 Å². The van der Waals surface area contributed by atoms with E-state index in [0.29, 0.717) is 0 Å². The van der Waals surface area contributed by atoms with Crippen molar-refractivity contribution in [1.82, 2.24) is 9.80 Å². The van der Waals surface area contributed by atoms with Crippen LogP contribution in [-0.2, 0) is 10.0 Å². The maximum atomic E-state index is 12.1. The Morgan fingerprint density at radius 1 is 1.07 bits per heavy atom. The van der Waals surface area contributed by atoms with Crippen LogP contribution in [0.3, 0.4) is 0 Å². The summed E-state index contributed by atoms with van der Waals surface area (Å²) in [6.45, 7) is 7.28. The van der Waals surface area contributed by atoms with Crippen molar-refractivity contribution < 1.29 is 8.42 Å². The summed E-state index contributed by atoms with van der Waals surface area (Å²) in [5.74, 6) is 0. The normalized spacial score (nSPS) is 19.2. The molecule has 5 nitrogen and oxygen atoms in total. The van der Waals surface area contributed by atoms with E-state index in [0.717, 1.165) is 66.3 Å². The van der Waals surface area contributed by atoms with Gasteiger partial charge < -0.3 is 9.80 Å². The van der Waals surface area contributed by atoms with Crippen LogP contribution in [-0.4, -0.2) is 58.0 Å². The fraction of sp³-hybridized carbons (Fsp3) is 0.364. The van der Waals surface area contributed by atoms with Crippen LogP contribution >= 0.6 is 11.8 Å². The minimum atomic E-state index is -3.76. The number of rotatable bonds is 4. The van der Waals surface area contributed by atoms with Gasteiger partial charge in [0, 0.05) is 48.1 Å². The lowest BCUT2D eigenvalue weighted by Crippen LogP contribution is -2.44. The molecule has 2 N–H and O–H groups in total. The van der Waals surface area contributed by atoms with Crippen molar-refractivity contribution in [1.29, 1.82) is 0 Å². The molecule has 0 saturated carbocycles. The third kappa shape index (κ3) is 4.29. The second kappa shape index (κ2) is 8.24. The Kier molecular flexibility index (Phi) is 5.86. The van der Waals surface area contributed by atoms with Gasteiger partial charge in [0.25, 0.3) is 0 Å². The van der Waals surface area contributed by atoms with Crippen LogP contribution in [0, 0.1) is 6.92 Å². The number of sulfonamides is 1. The Hall–Kier alpha value is -1.64. The van der Waals surface area contributed by atoms with E-state index in [2.05, 4.69) is 35.1 Å². The van der Waals surface area contributed by atoms with E-state index in [1.54, 1.807) is 17.8 Å². The smallest absolute Gasteiger partial charge is 0.238 e. The first-order valence-corrected chi connectivity index (χ1v) is 12.3. The number of benzene rings is 2. The highest BCUT2D eigenvalue weighted by Gasteiger charge is 2.26. The van der Waals surface area contributed by atoms with E-state index in [-0.39, 0.29) is 4.90 Å². The Morgan fingerprint density at radius 3 is 2.52 bits per heavy atom. The van der Waals surface area contributed by atoms with Crippen molar-refractivity contribution in [3.63, 3.8) is 0 Å². The van der Waals surface area contributed by atoms with Gasteiger partial charge in [0.05, 0.1) is 4.90 Å². The van der Waals surface area contributed by atoms with Crippen molar-refractivity contribution >= 4 is 27.4 Å². The number of nitrogens with zero attached hydrogens (tertiary/aromatic N) is 2. The van der Waals surface area contributed by atoms with Gasteiger partial charge in [0.1, 0.15) is 0 Å². The second-order valence-electron chi connectivity index (χ2n) is 7.76. The third-order valence-corrected chi connectivity index (χ3v) is 7.93. The van der Waals surface area contributed by atoms with Crippen LogP contribution < -0.4 is 5.14 Å². The average Bonchev–Trinajstić information content (AvgIpc) is 2.68. The van der Waals surface area contributed by atoms with E-state index in [1.807, 2.05) is 25.1 Å². The fourth-order valence-corrected chi connectivity index (χ4v) is 6.06. The standard InChI is InChI=1S/C22H27N3O2S2/c1-16-21(29(23,26)27)10-9-20-22(16)18(17-6-3-4-8-19(17)28-20)7-5-11-25-14-12-24(2)13-15-25/h3-4,6-10H,5,11-15H2,1-2H3,(H2,23,26,27). The number of nitrogens with two attached hydrogens (primary N) is 1. The summed E-state index contributed by atoms with van der Waals surface area (Å²) in [6, 6.07) is 11.8. The van der Waals surface area contributed by atoms with E-state index in [9.17, 15) is 8.42 Å². The lowest BCUT2D eigenvalue weighted by molar-refractivity contribution is 0.156. The van der Waals surface area contributed by atoms with Gasteiger partial charge in [-0.15, -0.1) is 0 Å². The predicted octanol–water partition coefficient (Wildman–Crippen LogP) is 3.18. The molecule has 2 heterocycles. The van der Waals surface area contributed by atoms with Crippen LogP contribution in [0.4, 0.5) is 0 Å². The summed E-state index contributed by atoms with van der Waals surface area (Å²) in [7, 11) is -1.59. The van der Waals surface area contributed by atoms with E-state index in [1.165, 1.54) is 4.90 Å². The Bertz CT molecular complexity index is 1060. The fourth-order valence-electron chi connectivity index (χ4n) is 4.10. The van der Waals surface area contributed by atoms with Crippen molar-refractivity contribution in [2.75, 3.05) is 39.8 Å². The monoisotopic (exact) mass is 429 g/mol. The highest BCUT2D eigenvalue weighted by Crippen LogP contribution is 2.47. The molecular formula is C22H27N3O2S2. The number of hydrogen-bond acceptors (Lipinski definition) is 5. The molecule has 0 bridgehead atoms. The largest absolute Gasteiger partial charge is 0.304 e. The first-order chi connectivity index (χ1) is 13.8. The minimum Gasteiger partial charge on any atom is -0.304 e. The van der Waals surface area contributed by atoms with Gasteiger partial charge in [-0.2, -0.15) is 0 Å². The SMILES string of the molecule is Cc1c(S(N)(=O)=O)ccc2c1C(=CCCN1CCN(C)CC1)c1ccccc1S2. The maximum absolute atomic E-state index is 12.1. The second-order valence-corrected chi connectivity index (χ2v) is 10.4. The lowest BCUT2D eigenvalue weighted by atomic mass is 9.92. The van der Waals surface area contributed by atoms with Gasteiger partial charge in [-0.1, -0.05) is 36.0 Å². The molecule has 154 valence electrons. The molecule has 7 heteroatoms. The molecule has 1 fully saturated rings. The van der Waals surface area contributed by atoms with Crippen LogP contribution in [0.15, 0.2) is 57.2 Å². The number of piperazine rings is 1. The molecule has 4 rings (SSSR count). The molecule has 0 aromatic heterocycles. The molecule has 2 aromatic rings. The van der Waals surface area contributed by atoms with Gasteiger partial charge >= 0.3 is 0 Å². The number of likely N-dealkylation sites (N-methyl/N-ethyl adjacent to an activating group) is 1. The number of fused-ring (bicyclic) bond motifs is 2. The Labute approximate surface area is 177 Å². The third-order valence-electron chi connectivity index (χ3n) is 5.74. The zero-order chi connectivity index (χ0) is 20.6. The van der Waals surface area contributed by atoms with Gasteiger partial charge in [0.2, 0.25) is 10.0 Å². The molecule has 0 aliphatic carbocycles. The summed E-state index contributed by atoms with van der Waals surface area (Å²) in [5.41, 5.74) is 4.01. The molecule has 2 aromatic carbocycles. The molecule has 29 heavy (non-hydrogen) atoms. The first kappa shape index (κ1) is 20.6. The van der Waals surface area contributed by atoms with E-state index in [4.69, 9.17) is 5.14 Å². The highest BCUT2D eigenvalue weighted by molar-refractivity contribution is 7.99. The highest BCUT2D eigenvalue weighted by atomic mass is 32.2. The Morgan fingerprint density at radius 2 is 1.79 bits per heavy atom. The maximum Gasteiger partial charge on any atom is 0.238 e. The molecule has 0 amide bonds. The van der Waals surface area contributed by atoms with Crippen molar-refractivity contribution in [3.05, 3.63) is 59.2 Å². The zero-order valence-corrected chi connectivity index (χ0v) is 18.5. The molecule has 1 saturated heterocycles. The first-order valence-electron chi connectivity index (χ1n) is 9.89. The summed E-state index contributed by atoms with van der Waals surface area (Å²) in [4.78, 5) is 7.35. The van der Waals surface area contributed by atoms with Crippen LogP contribution in [0.1, 0.15) is 23.1 Å². The van der Waals surface area contributed by atoms with Crippen molar-refractivity contribution in [2.24, 2.45) is 5.14 Å². The topological polar surface area (TPSA) is 66.6 Å². The van der Waals surface area contributed by atoms with Crippen LogP contribution in [0.2, 0.25) is 0 Å². The van der Waals surface area contributed by atoms with Crippen LogP contribution in [0.25, 0.3) is 5.57 Å². The number of hydrogen-bond donors (Lipinski definition) is 1. The van der Waals surface area contributed by atoms with Crippen molar-refractivity contribution in [2.45, 2.75) is 28.0 Å². The molecule has 2 aliphatic heterocycles. The Balaban J connectivity index is 1.71. The van der Waals surface area contributed by atoms with Gasteiger partial charge in [-0.05, 0) is 55.3 Å². The molecule has 0 unspecified atom stereocenters. The molecule has 2 aliphatic rings. The van der Waals surface area contributed by atoms with Gasteiger partial charge in [0.15, 0.2) is 0 Å². The van der Waals surface area contributed by atoms with Gasteiger partial charge in [-0.3, -0.25) is 0 Å². The quantitative estimate of drug-likeness (QED) is 0.690. The van der Waals surface area contributed by atoms with Gasteiger partial charge in [-0.25, -0.2) is 13.6 Å². The summed E-state index contributed by atoms with van der Waals surface area (Å²) in [6.07, 6.45) is 3.20. The molecule has 0 radical (unpaired) electrons.